The number of carbonyl (C=O) groups is 1. The highest BCUT2D eigenvalue weighted by molar-refractivity contribution is 7.20. The Kier molecular flexibility index (Phi) is 2.74. The lowest BCUT2D eigenvalue weighted by Crippen LogP contribution is -2.36. The van der Waals surface area contributed by atoms with E-state index in [4.69, 9.17) is 5.11 Å². The third-order valence-corrected chi connectivity index (χ3v) is 4.09. The molecule has 100 valence electrons. The molecule has 1 aliphatic rings. The van der Waals surface area contributed by atoms with Crippen LogP contribution in [0.5, 0.6) is 0 Å². The van der Waals surface area contributed by atoms with Gasteiger partial charge in [-0.2, -0.15) is 4.52 Å². The molecule has 1 atom stereocenters. The molecule has 19 heavy (non-hydrogen) atoms. The lowest BCUT2D eigenvalue weighted by molar-refractivity contribution is -0.138. The number of aromatic nitrogens is 3. The zero-order chi connectivity index (χ0) is 13.6. The summed E-state index contributed by atoms with van der Waals surface area (Å²) in [7, 11) is 0. The van der Waals surface area contributed by atoms with Crippen molar-refractivity contribution >= 4 is 27.4 Å². The topological polar surface area (TPSA) is 87.8 Å². The molecule has 2 aromatic heterocycles. The van der Waals surface area contributed by atoms with Crippen LogP contribution < -0.4 is 10.5 Å². The first-order chi connectivity index (χ1) is 9.06. The van der Waals surface area contributed by atoms with Crippen molar-refractivity contribution in [2.45, 2.75) is 25.8 Å². The van der Waals surface area contributed by atoms with Crippen molar-refractivity contribution in [3.05, 3.63) is 22.1 Å². The lowest BCUT2D eigenvalue weighted by Gasteiger charge is -2.19. The molecule has 1 fully saturated rings. The maximum atomic E-state index is 11.8. The minimum absolute atomic E-state index is 0.240. The SMILES string of the molecule is Cc1cc(=O)n2nc(N3CCCC3C(=O)O)sc2n1. The molecule has 0 radical (unpaired) electrons. The summed E-state index contributed by atoms with van der Waals surface area (Å²) >= 11 is 1.25. The average Bonchev–Trinajstić information content (AvgIpc) is 2.92. The number of rotatable bonds is 2. The van der Waals surface area contributed by atoms with Gasteiger partial charge in [-0.1, -0.05) is 11.3 Å². The fraction of sp³-hybridized carbons (Fsp3) is 0.455. The van der Waals surface area contributed by atoms with Gasteiger partial charge in [-0.3, -0.25) is 4.79 Å². The van der Waals surface area contributed by atoms with E-state index >= 15 is 0 Å². The van der Waals surface area contributed by atoms with Crippen molar-refractivity contribution in [2.24, 2.45) is 0 Å². The molecular weight excluding hydrogens is 268 g/mol. The molecule has 1 saturated heterocycles. The Morgan fingerprint density at radius 1 is 1.58 bits per heavy atom. The number of carboxylic acids is 1. The summed E-state index contributed by atoms with van der Waals surface area (Å²) < 4.78 is 1.23. The predicted octanol–water partition coefficient (Wildman–Crippen LogP) is 0.513. The van der Waals surface area contributed by atoms with E-state index < -0.39 is 12.0 Å². The molecule has 1 N–H and O–H groups in total. The van der Waals surface area contributed by atoms with E-state index in [1.54, 1.807) is 11.8 Å². The molecule has 0 aliphatic carbocycles. The summed E-state index contributed by atoms with van der Waals surface area (Å²) in [6, 6.07) is 0.854. The number of hydrogen-bond acceptors (Lipinski definition) is 6. The van der Waals surface area contributed by atoms with Crippen LogP contribution in [0.15, 0.2) is 10.9 Å². The van der Waals surface area contributed by atoms with Crippen LogP contribution in [0.4, 0.5) is 5.13 Å². The molecule has 0 saturated carbocycles. The van der Waals surface area contributed by atoms with Crippen LogP contribution >= 0.6 is 11.3 Å². The molecule has 0 aromatic carbocycles. The Labute approximate surface area is 112 Å². The van der Waals surface area contributed by atoms with Crippen molar-refractivity contribution in [1.82, 2.24) is 14.6 Å². The van der Waals surface area contributed by atoms with Crippen LogP contribution in [0.2, 0.25) is 0 Å². The van der Waals surface area contributed by atoms with Gasteiger partial charge in [0.25, 0.3) is 5.56 Å². The number of aryl methyl sites for hydroxylation is 1. The number of nitrogens with zero attached hydrogens (tertiary/aromatic N) is 4. The van der Waals surface area contributed by atoms with Crippen molar-refractivity contribution in [1.29, 1.82) is 0 Å². The molecule has 1 unspecified atom stereocenters. The predicted molar refractivity (Wildman–Crippen MR) is 69.9 cm³/mol. The highest BCUT2D eigenvalue weighted by Gasteiger charge is 2.32. The van der Waals surface area contributed by atoms with Gasteiger partial charge in [-0.25, -0.2) is 9.78 Å². The maximum Gasteiger partial charge on any atom is 0.326 e. The van der Waals surface area contributed by atoms with Crippen molar-refractivity contribution in [2.75, 3.05) is 11.4 Å². The number of fused-ring (bicyclic) bond motifs is 1. The molecular formula is C11H12N4O3S. The monoisotopic (exact) mass is 280 g/mol. The summed E-state index contributed by atoms with van der Waals surface area (Å²) in [6.07, 6.45) is 1.42. The van der Waals surface area contributed by atoms with E-state index in [2.05, 4.69) is 10.1 Å². The highest BCUT2D eigenvalue weighted by Crippen LogP contribution is 2.28. The third-order valence-electron chi connectivity index (χ3n) is 3.15. The van der Waals surface area contributed by atoms with Gasteiger partial charge < -0.3 is 10.0 Å². The minimum Gasteiger partial charge on any atom is -0.480 e. The van der Waals surface area contributed by atoms with Gasteiger partial charge in [-0.15, -0.1) is 5.10 Å². The van der Waals surface area contributed by atoms with Crippen LogP contribution in [-0.4, -0.2) is 38.3 Å². The first-order valence-corrected chi connectivity index (χ1v) is 6.75. The van der Waals surface area contributed by atoms with Crippen LogP contribution in [0, 0.1) is 6.92 Å². The summed E-state index contributed by atoms with van der Waals surface area (Å²) in [5, 5.41) is 13.9. The second-order valence-electron chi connectivity index (χ2n) is 4.50. The molecule has 3 heterocycles. The van der Waals surface area contributed by atoms with Crippen LogP contribution in [-0.2, 0) is 4.79 Å². The average molecular weight is 280 g/mol. The van der Waals surface area contributed by atoms with Crippen LogP contribution in [0.25, 0.3) is 4.96 Å². The molecule has 8 heteroatoms. The van der Waals surface area contributed by atoms with E-state index in [0.717, 1.165) is 6.42 Å². The normalized spacial score (nSPS) is 19.2. The van der Waals surface area contributed by atoms with Crippen molar-refractivity contribution < 1.29 is 9.90 Å². The minimum atomic E-state index is -0.853. The zero-order valence-electron chi connectivity index (χ0n) is 10.2. The fourth-order valence-electron chi connectivity index (χ4n) is 2.28. The standard InChI is InChI=1S/C11H12N4O3S/c1-6-5-8(16)15-10(12-6)19-11(13-15)14-4-2-3-7(14)9(17)18/h5,7H,2-4H2,1H3,(H,17,18). The third kappa shape index (κ3) is 1.97. The van der Waals surface area contributed by atoms with Gasteiger partial charge in [0.1, 0.15) is 6.04 Å². The molecule has 2 aromatic rings. The van der Waals surface area contributed by atoms with Gasteiger partial charge in [0.2, 0.25) is 10.1 Å². The Hall–Kier alpha value is -1.96. The maximum absolute atomic E-state index is 11.8. The number of anilines is 1. The Morgan fingerprint density at radius 3 is 3.11 bits per heavy atom. The summed E-state index contributed by atoms with van der Waals surface area (Å²) in [4.78, 5) is 29.4. The van der Waals surface area contributed by atoms with Gasteiger partial charge in [0, 0.05) is 18.3 Å². The molecule has 7 nitrogen and oxygen atoms in total. The number of hydrogen-bond donors (Lipinski definition) is 1. The van der Waals surface area contributed by atoms with E-state index in [9.17, 15) is 9.59 Å². The highest BCUT2D eigenvalue weighted by atomic mass is 32.1. The molecule has 3 rings (SSSR count). The second kappa shape index (κ2) is 4.30. The first-order valence-electron chi connectivity index (χ1n) is 5.93. The Balaban J connectivity index is 2.09. The van der Waals surface area contributed by atoms with E-state index in [0.29, 0.717) is 28.8 Å². The smallest absolute Gasteiger partial charge is 0.326 e. The van der Waals surface area contributed by atoms with E-state index in [1.165, 1.54) is 21.9 Å². The largest absolute Gasteiger partial charge is 0.480 e. The lowest BCUT2D eigenvalue weighted by atomic mass is 10.2. The summed E-state index contributed by atoms with van der Waals surface area (Å²) in [6.45, 7) is 2.39. The number of carboxylic acid groups (broad SMARTS) is 1. The first kappa shape index (κ1) is 12.1. The van der Waals surface area contributed by atoms with Gasteiger partial charge in [0.15, 0.2) is 0 Å². The van der Waals surface area contributed by atoms with E-state index in [-0.39, 0.29) is 5.56 Å². The quantitative estimate of drug-likeness (QED) is 0.862. The molecule has 0 amide bonds. The Bertz CT molecular complexity index is 708. The molecule has 1 aliphatic heterocycles. The molecule has 0 bridgehead atoms. The summed E-state index contributed by atoms with van der Waals surface area (Å²) in [5.74, 6) is -0.853. The van der Waals surface area contributed by atoms with Crippen molar-refractivity contribution in [3.8, 4) is 0 Å². The van der Waals surface area contributed by atoms with E-state index in [1.807, 2.05) is 0 Å². The van der Waals surface area contributed by atoms with Gasteiger partial charge >= 0.3 is 5.97 Å². The summed E-state index contributed by atoms with van der Waals surface area (Å²) in [5.41, 5.74) is 0.396. The van der Waals surface area contributed by atoms with Crippen LogP contribution in [0.3, 0.4) is 0 Å². The second-order valence-corrected chi connectivity index (χ2v) is 5.44. The van der Waals surface area contributed by atoms with Gasteiger partial charge in [0.05, 0.1) is 0 Å². The Morgan fingerprint density at radius 2 is 2.37 bits per heavy atom. The number of aliphatic carboxylic acids is 1. The van der Waals surface area contributed by atoms with Crippen molar-refractivity contribution in [3.63, 3.8) is 0 Å². The fourth-order valence-corrected chi connectivity index (χ4v) is 3.31. The van der Waals surface area contributed by atoms with Crippen LogP contribution in [0.1, 0.15) is 18.5 Å². The zero-order valence-corrected chi connectivity index (χ0v) is 11.1. The van der Waals surface area contributed by atoms with Gasteiger partial charge in [-0.05, 0) is 19.8 Å². The molecule has 0 spiro atoms.